The van der Waals surface area contributed by atoms with E-state index in [1.54, 1.807) is 11.7 Å². The highest BCUT2D eigenvalue weighted by atomic mass is 32.1. The number of nitrogens with one attached hydrogen (secondary N) is 2. The number of aromatic nitrogens is 2. The summed E-state index contributed by atoms with van der Waals surface area (Å²) in [7, 11) is 0. The standard InChI is InChI=1S/C12H13N3O2S.C2H6/c1-7-3-10(17)9(4-14-8(2)16)12(15-7)11-5-13-6-18-11;1-2/h3,5-6H,4H2,1-2H3,(H,14,16)(H,15,17);1-2H3. The van der Waals surface area contributed by atoms with Gasteiger partial charge in [-0.15, -0.1) is 11.3 Å². The molecule has 2 heterocycles. The van der Waals surface area contributed by atoms with E-state index in [0.717, 1.165) is 16.3 Å². The van der Waals surface area contributed by atoms with Crippen molar-refractivity contribution in [2.45, 2.75) is 34.2 Å². The van der Waals surface area contributed by atoms with E-state index in [1.807, 2.05) is 20.8 Å². The molecule has 0 aromatic carbocycles. The summed E-state index contributed by atoms with van der Waals surface area (Å²) >= 11 is 1.45. The van der Waals surface area contributed by atoms with Crippen molar-refractivity contribution in [1.29, 1.82) is 0 Å². The largest absolute Gasteiger partial charge is 0.357 e. The first-order chi connectivity index (χ1) is 9.58. The van der Waals surface area contributed by atoms with Gasteiger partial charge in [0.2, 0.25) is 5.91 Å². The maximum Gasteiger partial charge on any atom is 0.217 e. The number of nitrogens with zero attached hydrogens (tertiary/aromatic N) is 1. The van der Waals surface area contributed by atoms with Crippen molar-refractivity contribution >= 4 is 17.2 Å². The van der Waals surface area contributed by atoms with Crippen LogP contribution < -0.4 is 10.7 Å². The molecule has 0 fully saturated rings. The number of H-pyrrole nitrogens is 1. The van der Waals surface area contributed by atoms with Crippen molar-refractivity contribution in [1.82, 2.24) is 15.3 Å². The van der Waals surface area contributed by atoms with Crippen LogP contribution in [0.2, 0.25) is 0 Å². The van der Waals surface area contributed by atoms with Crippen LogP contribution in [0.1, 0.15) is 32.0 Å². The summed E-state index contributed by atoms with van der Waals surface area (Å²) in [4.78, 5) is 31.0. The van der Waals surface area contributed by atoms with Gasteiger partial charge in [0, 0.05) is 37.0 Å². The van der Waals surface area contributed by atoms with Gasteiger partial charge in [0.1, 0.15) is 0 Å². The predicted octanol–water partition coefficient (Wildman–Crippen LogP) is 2.47. The highest BCUT2D eigenvalue weighted by Crippen LogP contribution is 2.23. The van der Waals surface area contributed by atoms with E-state index in [1.165, 1.54) is 24.3 Å². The molecule has 2 rings (SSSR count). The molecule has 0 saturated carbocycles. The van der Waals surface area contributed by atoms with Crippen LogP contribution in [0.4, 0.5) is 0 Å². The van der Waals surface area contributed by atoms with Crippen LogP contribution in [0, 0.1) is 6.92 Å². The predicted molar refractivity (Wildman–Crippen MR) is 81.8 cm³/mol. The van der Waals surface area contributed by atoms with Crippen molar-refractivity contribution in [3.05, 3.63) is 39.3 Å². The second-order valence-electron chi connectivity index (χ2n) is 3.95. The summed E-state index contributed by atoms with van der Waals surface area (Å²) in [6.45, 7) is 7.47. The zero-order valence-electron chi connectivity index (χ0n) is 12.1. The first kappa shape index (κ1) is 16.1. The van der Waals surface area contributed by atoms with E-state index in [2.05, 4.69) is 15.3 Å². The van der Waals surface area contributed by atoms with Crippen LogP contribution in [-0.2, 0) is 11.3 Å². The van der Waals surface area contributed by atoms with Gasteiger partial charge in [-0.3, -0.25) is 14.6 Å². The van der Waals surface area contributed by atoms with Gasteiger partial charge < -0.3 is 10.3 Å². The highest BCUT2D eigenvalue weighted by molar-refractivity contribution is 7.13. The fourth-order valence-electron chi connectivity index (χ4n) is 1.65. The van der Waals surface area contributed by atoms with E-state index in [9.17, 15) is 9.59 Å². The average molecular weight is 293 g/mol. The topological polar surface area (TPSA) is 74.8 Å². The molecule has 2 aromatic heterocycles. The second-order valence-corrected chi connectivity index (χ2v) is 4.83. The Kier molecular flexibility index (Phi) is 6.11. The summed E-state index contributed by atoms with van der Waals surface area (Å²) in [5.74, 6) is -0.162. The number of carbonyl (C=O) groups is 1. The molecule has 0 radical (unpaired) electrons. The van der Waals surface area contributed by atoms with Crippen molar-refractivity contribution in [3.63, 3.8) is 0 Å². The minimum Gasteiger partial charge on any atom is -0.357 e. The molecule has 20 heavy (non-hydrogen) atoms. The molecule has 5 nitrogen and oxygen atoms in total. The van der Waals surface area contributed by atoms with E-state index in [-0.39, 0.29) is 17.9 Å². The van der Waals surface area contributed by atoms with Crippen molar-refractivity contribution < 1.29 is 4.79 Å². The molecule has 0 atom stereocenters. The number of aryl methyl sites for hydroxylation is 1. The molecule has 1 amide bonds. The Bertz CT molecular complexity index is 618. The molecule has 2 aromatic rings. The summed E-state index contributed by atoms with van der Waals surface area (Å²) in [6.07, 6.45) is 1.70. The minimum absolute atomic E-state index is 0.0802. The highest BCUT2D eigenvalue weighted by Gasteiger charge is 2.12. The Morgan fingerprint density at radius 2 is 2.15 bits per heavy atom. The maximum atomic E-state index is 12.0. The molecule has 108 valence electrons. The SMILES string of the molecule is CC.CC(=O)NCc1c(-c2cncs2)[nH]c(C)cc1=O. The summed E-state index contributed by atoms with van der Waals surface area (Å²) in [5, 5.41) is 2.65. The van der Waals surface area contributed by atoms with E-state index >= 15 is 0 Å². The number of rotatable bonds is 3. The van der Waals surface area contributed by atoms with Gasteiger partial charge in [-0.1, -0.05) is 13.8 Å². The molecule has 0 aliphatic rings. The van der Waals surface area contributed by atoms with Crippen LogP contribution in [0.5, 0.6) is 0 Å². The fraction of sp³-hybridized carbons (Fsp3) is 0.357. The third-order valence-corrected chi connectivity index (χ3v) is 3.25. The zero-order valence-corrected chi connectivity index (χ0v) is 12.9. The first-order valence-electron chi connectivity index (χ1n) is 6.44. The summed E-state index contributed by atoms with van der Waals surface area (Å²) in [5.41, 5.74) is 3.70. The first-order valence-corrected chi connectivity index (χ1v) is 7.32. The third-order valence-electron chi connectivity index (χ3n) is 2.46. The average Bonchev–Trinajstić information content (AvgIpc) is 2.92. The number of hydrogen-bond donors (Lipinski definition) is 2. The van der Waals surface area contributed by atoms with Crippen molar-refractivity contribution in [2.24, 2.45) is 0 Å². The number of carbonyl (C=O) groups excluding carboxylic acids is 1. The van der Waals surface area contributed by atoms with E-state index < -0.39 is 0 Å². The van der Waals surface area contributed by atoms with Crippen molar-refractivity contribution in [3.8, 4) is 10.6 Å². The second kappa shape index (κ2) is 7.59. The Hall–Kier alpha value is -1.95. The summed E-state index contributed by atoms with van der Waals surface area (Å²) < 4.78 is 0. The Morgan fingerprint density at radius 1 is 1.45 bits per heavy atom. The molecular weight excluding hydrogens is 274 g/mol. The molecule has 0 unspecified atom stereocenters. The lowest BCUT2D eigenvalue weighted by molar-refractivity contribution is -0.119. The van der Waals surface area contributed by atoms with E-state index in [4.69, 9.17) is 0 Å². The Morgan fingerprint density at radius 3 is 2.70 bits per heavy atom. The monoisotopic (exact) mass is 293 g/mol. The smallest absolute Gasteiger partial charge is 0.217 e. The van der Waals surface area contributed by atoms with Crippen LogP contribution >= 0.6 is 11.3 Å². The van der Waals surface area contributed by atoms with Crippen LogP contribution in [0.3, 0.4) is 0 Å². The molecular formula is C14H19N3O2S. The minimum atomic E-state index is -0.162. The molecule has 0 spiro atoms. The fourth-order valence-corrected chi connectivity index (χ4v) is 2.30. The lowest BCUT2D eigenvalue weighted by Crippen LogP contribution is -2.24. The van der Waals surface area contributed by atoms with Gasteiger partial charge in [0.15, 0.2) is 5.43 Å². The molecule has 0 bridgehead atoms. The molecule has 0 aliphatic carbocycles. The molecule has 6 heteroatoms. The lowest BCUT2D eigenvalue weighted by atomic mass is 10.1. The number of aromatic amines is 1. The molecule has 0 saturated heterocycles. The quantitative estimate of drug-likeness (QED) is 0.913. The third kappa shape index (κ3) is 4.03. The summed E-state index contributed by atoms with van der Waals surface area (Å²) in [6, 6.07) is 1.53. The molecule has 2 N–H and O–H groups in total. The van der Waals surface area contributed by atoms with Crippen LogP contribution in [0.25, 0.3) is 10.6 Å². The number of pyridine rings is 1. The number of amides is 1. The van der Waals surface area contributed by atoms with Gasteiger partial charge in [-0.05, 0) is 6.92 Å². The van der Waals surface area contributed by atoms with Gasteiger partial charge in [-0.2, -0.15) is 0 Å². The Labute approximate surface area is 122 Å². The van der Waals surface area contributed by atoms with Gasteiger partial charge in [0.25, 0.3) is 0 Å². The number of thiazole rings is 1. The van der Waals surface area contributed by atoms with Gasteiger partial charge >= 0.3 is 0 Å². The molecule has 0 aliphatic heterocycles. The van der Waals surface area contributed by atoms with Gasteiger partial charge in [0.05, 0.1) is 16.1 Å². The van der Waals surface area contributed by atoms with E-state index in [0.29, 0.717) is 5.56 Å². The normalized spacial score (nSPS) is 9.60. The van der Waals surface area contributed by atoms with Crippen molar-refractivity contribution in [2.75, 3.05) is 0 Å². The van der Waals surface area contributed by atoms with Crippen LogP contribution in [0.15, 0.2) is 22.6 Å². The Balaban J connectivity index is 0.000000956. The lowest BCUT2D eigenvalue weighted by Gasteiger charge is -2.09. The van der Waals surface area contributed by atoms with Gasteiger partial charge in [-0.25, -0.2) is 0 Å². The zero-order chi connectivity index (χ0) is 15.1. The maximum absolute atomic E-state index is 12.0. The number of hydrogen-bond acceptors (Lipinski definition) is 4. The van der Waals surface area contributed by atoms with Crippen LogP contribution in [-0.4, -0.2) is 15.9 Å².